The van der Waals surface area contributed by atoms with Gasteiger partial charge in [-0.15, -0.1) is 0 Å². The van der Waals surface area contributed by atoms with Gasteiger partial charge in [0.05, 0.1) is 6.07 Å². The number of carbonyl (C=O) groups is 2. The fraction of sp³-hybridized carbons (Fsp3) is 0.824. The molecular weight excluding hydrogens is 292 g/mol. The van der Waals surface area contributed by atoms with Crippen LogP contribution in [0.4, 0.5) is 0 Å². The largest absolute Gasteiger partial charge is 0.369 e. The van der Waals surface area contributed by atoms with Crippen molar-refractivity contribution in [2.24, 2.45) is 11.1 Å². The summed E-state index contributed by atoms with van der Waals surface area (Å²) in [6, 6.07) is 2.75. The van der Waals surface area contributed by atoms with E-state index >= 15 is 0 Å². The fourth-order valence-corrected chi connectivity index (χ4v) is 3.06. The van der Waals surface area contributed by atoms with Gasteiger partial charge in [-0.2, -0.15) is 5.26 Å². The van der Waals surface area contributed by atoms with Crippen molar-refractivity contribution in [2.75, 3.05) is 13.1 Å². The maximum absolute atomic E-state index is 12.2. The quantitative estimate of drug-likeness (QED) is 0.708. The van der Waals surface area contributed by atoms with Crippen LogP contribution in [0.25, 0.3) is 0 Å². The number of nitrogens with two attached hydrogens (primary N) is 1. The lowest BCUT2D eigenvalue weighted by Crippen LogP contribution is -2.50. The summed E-state index contributed by atoms with van der Waals surface area (Å²) in [5, 5.41) is 12.5. The number of nitriles is 1. The summed E-state index contributed by atoms with van der Waals surface area (Å²) in [6.07, 6.45) is 3.30. The lowest BCUT2D eigenvalue weighted by molar-refractivity contribution is -0.127. The zero-order valence-electron chi connectivity index (χ0n) is 14.8. The lowest BCUT2D eigenvalue weighted by Gasteiger charge is -2.28. The summed E-state index contributed by atoms with van der Waals surface area (Å²) < 4.78 is 0. The molecule has 0 saturated carbocycles. The molecule has 0 radical (unpaired) electrons. The molecule has 1 saturated heterocycles. The third-order valence-electron chi connectivity index (χ3n) is 4.99. The second kappa shape index (κ2) is 7.78. The van der Waals surface area contributed by atoms with Crippen LogP contribution in [0.15, 0.2) is 0 Å². The Morgan fingerprint density at radius 3 is 2.48 bits per heavy atom. The topological polar surface area (TPSA) is 99.2 Å². The molecule has 1 heterocycles. The molecule has 0 bridgehead atoms. The molecule has 0 aliphatic carbocycles. The molecule has 1 aliphatic rings. The molecule has 0 spiro atoms. The van der Waals surface area contributed by atoms with E-state index in [1.165, 1.54) is 0 Å². The SMILES string of the molecule is CCC(CC)N1CCC(C#N)(NC(=O)CCC(C)(C)C(N)=O)C1. The molecule has 1 unspecified atom stereocenters. The molecule has 6 heteroatoms. The molecule has 0 aromatic rings. The van der Waals surface area contributed by atoms with Crippen molar-refractivity contribution in [1.29, 1.82) is 5.26 Å². The van der Waals surface area contributed by atoms with Crippen LogP contribution >= 0.6 is 0 Å². The van der Waals surface area contributed by atoms with E-state index < -0.39 is 16.9 Å². The number of hydrogen-bond donors (Lipinski definition) is 2. The van der Waals surface area contributed by atoms with Crippen LogP contribution < -0.4 is 11.1 Å². The van der Waals surface area contributed by atoms with Gasteiger partial charge in [-0.3, -0.25) is 14.5 Å². The van der Waals surface area contributed by atoms with E-state index in [2.05, 4.69) is 30.1 Å². The Hall–Kier alpha value is -1.61. The van der Waals surface area contributed by atoms with Gasteiger partial charge < -0.3 is 11.1 Å². The Balaban J connectivity index is 2.62. The zero-order valence-corrected chi connectivity index (χ0v) is 14.8. The number of nitrogens with one attached hydrogen (secondary N) is 1. The number of nitrogens with zero attached hydrogens (tertiary/aromatic N) is 2. The Morgan fingerprint density at radius 2 is 2.00 bits per heavy atom. The molecule has 6 nitrogen and oxygen atoms in total. The van der Waals surface area contributed by atoms with E-state index in [-0.39, 0.29) is 12.3 Å². The van der Waals surface area contributed by atoms with E-state index in [0.717, 1.165) is 19.4 Å². The normalized spacial score (nSPS) is 22.1. The molecular formula is C17H30N4O2. The van der Waals surface area contributed by atoms with Gasteiger partial charge in [0.15, 0.2) is 0 Å². The highest BCUT2D eigenvalue weighted by Gasteiger charge is 2.41. The molecule has 130 valence electrons. The maximum atomic E-state index is 12.2. The maximum Gasteiger partial charge on any atom is 0.223 e. The van der Waals surface area contributed by atoms with Gasteiger partial charge in [-0.25, -0.2) is 0 Å². The molecule has 1 aliphatic heterocycles. The van der Waals surface area contributed by atoms with Crippen LogP contribution in [0.2, 0.25) is 0 Å². The monoisotopic (exact) mass is 322 g/mol. The minimum Gasteiger partial charge on any atom is -0.369 e. The summed E-state index contributed by atoms with van der Waals surface area (Å²) in [4.78, 5) is 25.8. The van der Waals surface area contributed by atoms with Crippen LogP contribution in [0.3, 0.4) is 0 Å². The molecule has 0 aromatic carbocycles. The minimum atomic E-state index is -0.809. The van der Waals surface area contributed by atoms with Crippen molar-refractivity contribution in [1.82, 2.24) is 10.2 Å². The first-order chi connectivity index (χ1) is 10.7. The molecule has 3 N–H and O–H groups in total. The first-order valence-electron chi connectivity index (χ1n) is 8.46. The van der Waals surface area contributed by atoms with Crippen LogP contribution in [-0.2, 0) is 9.59 Å². The zero-order chi connectivity index (χ0) is 17.7. The van der Waals surface area contributed by atoms with Crippen molar-refractivity contribution < 1.29 is 9.59 Å². The van der Waals surface area contributed by atoms with Gasteiger partial charge in [0.25, 0.3) is 0 Å². The summed E-state index contributed by atoms with van der Waals surface area (Å²) >= 11 is 0. The number of primary amides is 1. The molecule has 1 atom stereocenters. The highest BCUT2D eigenvalue weighted by molar-refractivity contribution is 5.82. The second-order valence-electron chi connectivity index (χ2n) is 7.18. The van der Waals surface area contributed by atoms with Crippen LogP contribution in [0.5, 0.6) is 0 Å². The first kappa shape index (κ1) is 19.4. The molecule has 1 fully saturated rings. The Labute approximate surface area is 139 Å². The second-order valence-corrected chi connectivity index (χ2v) is 7.18. The van der Waals surface area contributed by atoms with Gasteiger partial charge in [0, 0.05) is 31.0 Å². The van der Waals surface area contributed by atoms with Gasteiger partial charge in [-0.05, 0) is 25.7 Å². The average Bonchev–Trinajstić information content (AvgIpc) is 2.91. The van der Waals surface area contributed by atoms with Gasteiger partial charge in [0.2, 0.25) is 11.8 Å². The Morgan fingerprint density at radius 1 is 1.39 bits per heavy atom. The molecule has 2 amide bonds. The third kappa shape index (κ3) is 4.93. The lowest BCUT2D eigenvalue weighted by atomic mass is 9.87. The van der Waals surface area contributed by atoms with E-state index in [1.807, 2.05) is 0 Å². The van der Waals surface area contributed by atoms with E-state index in [4.69, 9.17) is 5.73 Å². The molecule has 23 heavy (non-hydrogen) atoms. The van der Waals surface area contributed by atoms with Crippen molar-refractivity contribution in [2.45, 2.75) is 71.4 Å². The number of carbonyl (C=O) groups excluding carboxylic acids is 2. The van der Waals surface area contributed by atoms with Gasteiger partial charge in [0.1, 0.15) is 5.54 Å². The van der Waals surface area contributed by atoms with Crippen LogP contribution in [0, 0.1) is 16.7 Å². The van der Waals surface area contributed by atoms with Crippen LogP contribution in [0.1, 0.15) is 59.8 Å². The van der Waals surface area contributed by atoms with Crippen molar-refractivity contribution in [3.05, 3.63) is 0 Å². The van der Waals surface area contributed by atoms with Crippen molar-refractivity contribution in [3.8, 4) is 6.07 Å². The standard InChI is InChI=1S/C17H30N4O2/c1-5-13(6-2)21-10-9-17(11-18,12-21)20-14(22)7-8-16(3,4)15(19)23/h13H,5-10,12H2,1-4H3,(H2,19,23)(H,20,22). The number of amides is 2. The highest BCUT2D eigenvalue weighted by Crippen LogP contribution is 2.26. The predicted molar refractivity (Wildman–Crippen MR) is 89.3 cm³/mol. The van der Waals surface area contributed by atoms with E-state index in [9.17, 15) is 14.9 Å². The summed E-state index contributed by atoms with van der Waals surface area (Å²) in [7, 11) is 0. The number of hydrogen-bond acceptors (Lipinski definition) is 4. The van der Waals surface area contributed by atoms with Gasteiger partial charge in [-0.1, -0.05) is 27.7 Å². The summed E-state index contributed by atoms with van der Waals surface area (Å²) in [6.45, 7) is 9.14. The summed E-state index contributed by atoms with van der Waals surface area (Å²) in [5.74, 6) is -0.603. The first-order valence-corrected chi connectivity index (χ1v) is 8.46. The van der Waals surface area contributed by atoms with Crippen molar-refractivity contribution in [3.63, 3.8) is 0 Å². The van der Waals surface area contributed by atoms with Gasteiger partial charge >= 0.3 is 0 Å². The number of rotatable bonds is 8. The fourth-order valence-electron chi connectivity index (χ4n) is 3.06. The number of likely N-dealkylation sites (tertiary alicyclic amines) is 1. The smallest absolute Gasteiger partial charge is 0.223 e. The average molecular weight is 322 g/mol. The van der Waals surface area contributed by atoms with E-state index in [0.29, 0.717) is 25.4 Å². The Bertz CT molecular complexity index is 479. The van der Waals surface area contributed by atoms with Crippen LogP contribution in [-0.4, -0.2) is 41.4 Å². The third-order valence-corrected chi connectivity index (χ3v) is 4.99. The van der Waals surface area contributed by atoms with Crippen molar-refractivity contribution >= 4 is 11.8 Å². The molecule has 0 aromatic heterocycles. The highest BCUT2D eigenvalue weighted by atomic mass is 16.2. The minimum absolute atomic E-state index is 0.188. The predicted octanol–water partition coefficient (Wildman–Crippen LogP) is 1.55. The van der Waals surface area contributed by atoms with E-state index in [1.54, 1.807) is 13.8 Å². The Kier molecular flexibility index (Phi) is 6.57. The summed E-state index contributed by atoms with van der Waals surface area (Å²) in [5.41, 5.74) is 3.80. The molecule has 1 rings (SSSR count).